The van der Waals surface area contributed by atoms with Crippen molar-refractivity contribution in [2.45, 2.75) is 6.42 Å². The maximum atomic E-state index is 13.6. The molecule has 0 amide bonds. The topological polar surface area (TPSA) is 26.3 Å². The number of hydrogen-bond donors (Lipinski definition) is 0. The van der Waals surface area contributed by atoms with Gasteiger partial charge in [-0.05, 0) is 17.5 Å². The molecule has 1 aliphatic rings. The van der Waals surface area contributed by atoms with Crippen molar-refractivity contribution < 1.29 is 13.9 Å². The first-order chi connectivity index (χ1) is 7.72. The van der Waals surface area contributed by atoms with Gasteiger partial charge < -0.3 is 4.74 Å². The maximum absolute atomic E-state index is 13.6. The number of benzene rings is 2. The maximum Gasteiger partial charge on any atom is 0.170 e. The highest BCUT2D eigenvalue weighted by Gasteiger charge is 2.27. The first kappa shape index (κ1) is 9.33. The molecule has 0 N–H and O–H groups in total. The summed E-state index contributed by atoms with van der Waals surface area (Å²) in [5, 5.41) is 1.60. The summed E-state index contributed by atoms with van der Waals surface area (Å²) in [7, 11) is 1.55. The van der Waals surface area contributed by atoms with Gasteiger partial charge in [0.25, 0.3) is 0 Å². The van der Waals surface area contributed by atoms with E-state index in [1.54, 1.807) is 13.2 Å². The molecule has 0 heterocycles. The van der Waals surface area contributed by atoms with E-state index in [2.05, 4.69) is 0 Å². The van der Waals surface area contributed by atoms with Gasteiger partial charge in [0, 0.05) is 17.4 Å². The van der Waals surface area contributed by atoms with E-state index in [1.807, 2.05) is 12.1 Å². The summed E-state index contributed by atoms with van der Waals surface area (Å²) in [5.74, 6) is 0.0531. The molecule has 3 rings (SSSR count). The Balaban J connectivity index is 2.51. The van der Waals surface area contributed by atoms with Crippen LogP contribution in [0.25, 0.3) is 10.8 Å². The summed E-state index contributed by atoms with van der Waals surface area (Å²) in [6.07, 6.45) is 0.233. The normalized spacial score (nSPS) is 13.5. The Hall–Kier alpha value is -1.90. The number of halogens is 1. The molecule has 0 bridgehead atoms. The fraction of sp³-hybridized carbons (Fsp3) is 0.154. The number of Topliss-reactive ketones (excluding diaryl/α,β-unsaturated/α-hetero) is 1. The molecule has 16 heavy (non-hydrogen) atoms. The quantitative estimate of drug-likeness (QED) is 0.732. The van der Waals surface area contributed by atoms with Crippen molar-refractivity contribution in [3.63, 3.8) is 0 Å². The van der Waals surface area contributed by atoms with E-state index in [-0.39, 0.29) is 17.8 Å². The average Bonchev–Trinajstić information content (AvgIpc) is 2.63. The molecule has 1 aliphatic carbocycles. The van der Waals surface area contributed by atoms with Crippen LogP contribution in [0.2, 0.25) is 0 Å². The lowest BCUT2D eigenvalue weighted by Crippen LogP contribution is -1.97. The molecule has 3 heteroatoms. The minimum absolute atomic E-state index is 0.164. The van der Waals surface area contributed by atoms with Crippen LogP contribution in [-0.2, 0) is 6.42 Å². The Labute approximate surface area is 91.6 Å². The van der Waals surface area contributed by atoms with Crippen LogP contribution >= 0.6 is 0 Å². The van der Waals surface area contributed by atoms with Gasteiger partial charge in [-0.15, -0.1) is 0 Å². The highest BCUT2D eigenvalue weighted by atomic mass is 19.1. The molecule has 80 valence electrons. The number of carbonyl (C=O) groups excluding carboxylic acids is 1. The predicted molar refractivity (Wildman–Crippen MR) is 58.5 cm³/mol. The Morgan fingerprint density at radius 2 is 2.00 bits per heavy atom. The Morgan fingerprint density at radius 3 is 2.75 bits per heavy atom. The lowest BCUT2D eigenvalue weighted by atomic mass is 10.0. The lowest BCUT2D eigenvalue weighted by Gasteiger charge is -2.06. The van der Waals surface area contributed by atoms with E-state index >= 15 is 0 Å². The van der Waals surface area contributed by atoms with Gasteiger partial charge in [-0.2, -0.15) is 0 Å². The molecular weight excluding hydrogens is 207 g/mol. The minimum Gasteiger partial charge on any atom is -0.496 e. The molecule has 0 radical (unpaired) electrons. The molecule has 0 fully saturated rings. The summed E-state index contributed by atoms with van der Waals surface area (Å²) in [6, 6.07) is 6.70. The molecule has 0 spiro atoms. The van der Waals surface area contributed by atoms with Gasteiger partial charge in [-0.3, -0.25) is 4.79 Å². The van der Waals surface area contributed by atoms with Gasteiger partial charge in [-0.25, -0.2) is 4.39 Å². The SMILES string of the molecule is COc1ccc2ccc(F)c3c2c1CC3=O. The van der Waals surface area contributed by atoms with Crippen LogP contribution in [0.5, 0.6) is 5.75 Å². The number of ether oxygens (including phenoxy) is 1. The average molecular weight is 216 g/mol. The summed E-state index contributed by atoms with van der Waals surface area (Å²) in [4.78, 5) is 11.7. The summed E-state index contributed by atoms with van der Waals surface area (Å²) in [5.41, 5.74) is 1.02. The van der Waals surface area contributed by atoms with Crippen LogP contribution in [0.4, 0.5) is 4.39 Å². The summed E-state index contributed by atoms with van der Waals surface area (Å²) >= 11 is 0. The van der Waals surface area contributed by atoms with Crippen LogP contribution < -0.4 is 4.74 Å². The van der Waals surface area contributed by atoms with Crippen LogP contribution in [0.3, 0.4) is 0 Å². The smallest absolute Gasteiger partial charge is 0.170 e. The van der Waals surface area contributed by atoms with E-state index in [0.717, 1.165) is 10.9 Å². The Kier molecular flexibility index (Phi) is 1.78. The van der Waals surface area contributed by atoms with E-state index < -0.39 is 5.82 Å². The van der Waals surface area contributed by atoms with Crippen LogP contribution in [0.15, 0.2) is 24.3 Å². The molecule has 0 saturated heterocycles. The van der Waals surface area contributed by atoms with Crippen molar-refractivity contribution in [3.8, 4) is 5.75 Å². The highest BCUT2D eigenvalue weighted by Crippen LogP contribution is 2.37. The zero-order chi connectivity index (χ0) is 11.3. The van der Waals surface area contributed by atoms with E-state index in [4.69, 9.17) is 4.74 Å². The number of methoxy groups -OCH3 is 1. The molecule has 0 saturated carbocycles. The van der Waals surface area contributed by atoms with Gasteiger partial charge in [0.1, 0.15) is 11.6 Å². The summed E-state index contributed by atoms with van der Waals surface area (Å²) < 4.78 is 18.8. The van der Waals surface area contributed by atoms with Gasteiger partial charge in [0.05, 0.1) is 12.7 Å². The highest BCUT2D eigenvalue weighted by molar-refractivity contribution is 6.16. The van der Waals surface area contributed by atoms with Crippen molar-refractivity contribution >= 4 is 16.6 Å². The van der Waals surface area contributed by atoms with Gasteiger partial charge >= 0.3 is 0 Å². The third-order valence-corrected chi connectivity index (χ3v) is 3.04. The molecule has 2 aromatic carbocycles. The van der Waals surface area contributed by atoms with Gasteiger partial charge in [-0.1, -0.05) is 12.1 Å². The van der Waals surface area contributed by atoms with E-state index in [1.165, 1.54) is 6.07 Å². The standard InChI is InChI=1S/C13H9FO2/c1-16-11-5-3-7-2-4-9(14)13-10(15)6-8(11)12(7)13/h2-5H,6H2,1H3. The first-order valence-corrected chi connectivity index (χ1v) is 5.03. The van der Waals surface area contributed by atoms with Crippen LogP contribution in [0.1, 0.15) is 15.9 Å². The van der Waals surface area contributed by atoms with Crippen LogP contribution in [-0.4, -0.2) is 12.9 Å². The third-order valence-electron chi connectivity index (χ3n) is 3.04. The second kappa shape index (κ2) is 3.04. The zero-order valence-electron chi connectivity index (χ0n) is 8.71. The number of hydrogen-bond acceptors (Lipinski definition) is 2. The largest absolute Gasteiger partial charge is 0.496 e. The molecule has 0 aliphatic heterocycles. The Morgan fingerprint density at radius 1 is 1.25 bits per heavy atom. The van der Waals surface area contributed by atoms with Crippen molar-refractivity contribution in [2.24, 2.45) is 0 Å². The van der Waals surface area contributed by atoms with Crippen molar-refractivity contribution in [3.05, 3.63) is 41.2 Å². The number of carbonyl (C=O) groups is 1. The fourth-order valence-corrected chi connectivity index (χ4v) is 2.33. The molecule has 2 nitrogen and oxygen atoms in total. The zero-order valence-corrected chi connectivity index (χ0v) is 8.71. The Bertz CT molecular complexity index is 617. The minimum atomic E-state index is -0.440. The third kappa shape index (κ3) is 1.03. The molecule has 0 unspecified atom stereocenters. The van der Waals surface area contributed by atoms with Gasteiger partial charge in [0.2, 0.25) is 0 Å². The molecule has 2 aromatic rings. The first-order valence-electron chi connectivity index (χ1n) is 5.03. The van der Waals surface area contributed by atoms with Crippen LogP contribution in [0, 0.1) is 5.82 Å². The molecule has 0 aromatic heterocycles. The number of rotatable bonds is 1. The molecule has 0 atom stereocenters. The van der Waals surface area contributed by atoms with E-state index in [0.29, 0.717) is 11.1 Å². The predicted octanol–water partition coefficient (Wildman–Crippen LogP) is 2.73. The lowest BCUT2D eigenvalue weighted by molar-refractivity contribution is 0.0995. The molecular formula is C13H9FO2. The van der Waals surface area contributed by atoms with E-state index in [9.17, 15) is 9.18 Å². The monoisotopic (exact) mass is 216 g/mol. The summed E-state index contributed by atoms with van der Waals surface area (Å²) in [6.45, 7) is 0. The number of ketones is 1. The van der Waals surface area contributed by atoms with Crippen molar-refractivity contribution in [2.75, 3.05) is 7.11 Å². The van der Waals surface area contributed by atoms with Crippen molar-refractivity contribution in [1.29, 1.82) is 0 Å². The second-order valence-corrected chi connectivity index (χ2v) is 3.87. The van der Waals surface area contributed by atoms with Crippen molar-refractivity contribution in [1.82, 2.24) is 0 Å². The van der Waals surface area contributed by atoms with Gasteiger partial charge in [0.15, 0.2) is 5.78 Å². The fourth-order valence-electron chi connectivity index (χ4n) is 2.33. The second-order valence-electron chi connectivity index (χ2n) is 3.87.